The van der Waals surface area contributed by atoms with Crippen LogP contribution in [0.15, 0.2) is 53.5 Å². The largest absolute Gasteiger partial charge is 0.497 e. The Morgan fingerprint density at radius 2 is 1.70 bits per heavy atom. The van der Waals surface area contributed by atoms with Crippen LogP contribution in [0.3, 0.4) is 0 Å². The van der Waals surface area contributed by atoms with Crippen LogP contribution in [-0.2, 0) is 22.6 Å². The first-order valence-electron chi connectivity index (χ1n) is 11.2. The highest BCUT2D eigenvalue weighted by atomic mass is 127. The molecule has 0 saturated carbocycles. The Labute approximate surface area is 215 Å². The van der Waals surface area contributed by atoms with E-state index in [1.165, 1.54) is 0 Å². The summed E-state index contributed by atoms with van der Waals surface area (Å²) in [5.41, 5.74) is 2.25. The van der Waals surface area contributed by atoms with E-state index in [0.717, 1.165) is 61.2 Å². The third kappa shape index (κ3) is 12.7. The monoisotopic (exact) mass is 571 g/mol. The van der Waals surface area contributed by atoms with Gasteiger partial charge in [0.25, 0.3) is 0 Å². The lowest BCUT2D eigenvalue weighted by Gasteiger charge is -2.13. The zero-order chi connectivity index (χ0) is 22.9. The maximum absolute atomic E-state index is 5.80. The fraction of sp³-hybridized carbons (Fsp3) is 0.480. The highest BCUT2D eigenvalue weighted by molar-refractivity contribution is 14.0. The van der Waals surface area contributed by atoms with Gasteiger partial charge in [0.2, 0.25) is 0 Å². The third-order valence-corrected chi connectivity index (χ3v) is 4.66. The molecular weight excluding hydrogens is 533 g/mol. The van der Waals surface area contributed by atoms with Crippen LogP contribution in [-0.4, -0.2) is 53.2 Å². The summed E-state index contributed by atoms with van der Waals surface area (Å²) in [5, 5.41) is 6.80. The topological polar surface area (TPSA) is 73.3 Å². The van der Waals surface area contributed by atoms with Gasteiger partial charge in [0, 0.05) is 46.4 Å². The van der Waals surface area contributed by atoms with Gasteiger partial charge in [-0.2, -0.15) is 0 Å². The molecule has 2 rings (SSSR count). The van der Waals surface area contributed by atoms with Crippen molar-refractivity contribution in [1.82, 2.24) is 10.6 Å². The smallest absolute Gasteiger partial charge is 0.191 e. The Balaban J connectivity index is 0.00000544. The quantitative estimate of drug-likeness (QED) is 0.143. The van der Waals surface area contributed by atoms with Crippen LogP contribution < -0.4 is 20.1 Å². The molecule has 0 fully saturated rings. The van der Waals surface area contributed by atoms with Crippen LogP contribution in [0.2, 0.25) is 0 Å². The van der Waals surface area contributed by atoms with Gasteiger partial charge in [-0.3, -0.25) is 0 Å². The Hall–Kier alpha value is -2.04. The molecule has 0 aliphatic carbocycles. The molecule has 0 saturated heterocycles. The maximum atomic E-state index is 5.80. The lowest BCUT2D eigenvalue weighted by atomic mass is 10.2. The predicted octanol–water partition coefficient (Wildman–Crippen LogP) is 4.39. The molecule has 184 valence electrons. The van der Waals surface area contributed by atoms with Gasteiger partial charge in [0.05, 0.1) is 20.3 Å². The summed E-state index contributed by atoms with van der Waals surface area (Å²) < 4.78 is 21.5. The summed E-state index contributed by atoms with van der Waals surface area (Å²) >= 11 is 0. The lowest BCUT2D eigenvalue weighted by Crippen LogP contribution is -2.37. The fourth-order valence-corrected chi connectivity index (χ4v) is 2.93. The molecule has 7 nitrogen and oxygen atoms in total. The number of aliphatic imine (C=N–C) groups is 1. The molecule has 0 aliphatic rings. The molecule has 0 aromatic heterocycles. The van der Waals surface area contributed by atoms with Gasteiger partial charge in [-0.25, -0.2) is 4.99 Å². The number of halogens is 1. The molecule has 33 heavy (non-hydrogen) atoms. The minimum absolute atomic E-state index is 0. The van der Waals surface area contributed by atoms with E-state index >= 15 is 0 Å². The second-order valence-electron chi connectivity index (χ2n) is 7.19. The Kier molecular flexibility index (Phi) is 16.2. The second kappa shape index (κ2) is 18.4. The molecule has 0 atom stereocenters. The standard InChI is InChI=1S/C25H37N3O4.HI/c1-4-31-16-6-14-26-25(27-19-21-10-12-23(30-3)13-11-21)28-20-22-8-5-9-24(18-22)32-17-7-15-29-2;/h5,8-13,18H,4,6-7,14-17,19-20H2,1-3H3,(H2,26,27,28);1H. The minimum Gasteiger partial charge on any atom is -0.497 e. The summed E-state index contributed by atoms with van der Waals surface area (Å²) in [7, 11) is 3.37. The number of nitrogens with zero attached hydrogens (tertiary/aromatic N) is 1. The number of hydrogen-bond donors (Lipinski definition) is 2. The SMILES string of the molecule is CCOCCCNC(=NCc1cccc(OCCCOC)c1)NCc1ccc(OC)cc1.I. The molecule has 0 spiro atoms. The van der Waals surface area contributed by atoms with Crippen molar-refractivity contribution in [1.29, 1.82) is 0 Å². The molecule has 2 aromatic carbocycles. The summed E-state index contributed by atoms with van der Waals surface area (Å²) in [6, 6.07) is 16.1. The summed E-state index contributed by atoms with van der Waals surface area (Å²) in [4.78, 5) is 4.76. The number of benzene rings is 2. The van der Waals surface area contributed by atoms with Crippen molar-refractivity contribution in [3.8, 4) is 11.5 Å². The number of guanidine groups is 1. The van der Waals surface area contributed by atoms with Gasteiger partial charge in [-0.15, -0.1) is 24.0 Å². The predicted molar refractivity (Wildman–Crippen MR) is 144 cm³/mol. The van der Waals surface area contributed by atoms with Crippen LogP contribution in [0.25, 0.3) is 0 Å². The highest BCUT2D eigenvalue weighted by Crippen LogP contribution is 2.14. The first-order chi connectivity index (χ1) is 15.7. The van der Waals surface area contributed by atoms with Crippen molar-refractivity contribution in [3.63, 3.8) is 0 Å². The van der Waals surface area contributed by atoms with Crippen molar-refractivity contribution in [2.24, 2.45) is 4.99 Å². The van der Waals surface area contributed by atoms with E-state index in [0.29, 0.717) is 26.3 Å². The van der Waals surface area contributed by atoms with Gasteiger partial charge in [0.15, 0.2) is 5.96 Å². The number of nitrogens with one attached hydrogen (secondary N) is 2. The molecule has 8 heteroatoms. The second-order valence-corrected chi connectivity index (χ2v) is 7.19. The van der Waals surface area contributed by atoms with Crippen molar-refractivity contribution < 1.29 is 18.9 Å². The Morgan fingerprint density at radius 3 is 2.42 bits per heavy atom. The zero-order valence-corrected chi connectivity index (χ0v) is 22.3. The Bertz CT molecular complexity index is 787. The average Bonchev–Trinajstić information content (AvgIpc) is 2.83. The summed E-state index contributed by atoms with van der Waals surface area (Å²) in [6.45, 7) is 6.82. The number of ether oxygens (including phenoxy) is 4. The average molecular weight is 572 g/mol. The van der Waals surface area contributed by atoms with Crippen LogP contribution in [0.5, 0.6) is 11.5 Å². The van der Waals surface area contributed by atoms with Crippen LogP contribution in [0, 0.1) is 0 Å². The van der Waals surface area contributed by atoms with Crippen molar-refractivity contribution in [2.75, 3.05) is 47.2 Å². The molecule has 0 unspecified atom stereocenters. The van der Waals surface area contributed by atoms with Crippen LogP contribution in [0.4, 0.5) is 0 Å². The molecule has 0 radical (unpaired) electrons. The normalized spacial score (nSPS) is 10.9. The van der Waals surface area contributed by atoms with Crippen molar-refractivity contribution in [3.05, 3.63) is 59.7 Å². The first kappa shape index (κ1) is 29.0. The molecule has 0 aliphatic heterocycles. The summed E-state index contributed by atoms with van der Waals surface area (Å²) in [5.74, 6) is 2.47. The van der Waals surface area contributed by atoms with E-state index < -0.39 is 0 Å². The molecular formula is C25H38IN3O4. The van der Waals surface area contributed by atoms with E-state index in [9.17, 15) is 0 Å². The molecule has 2 aromatic rings. The van der Waals surface area contributed by atoms with Gasteiger partial charge >= 0.3 is 0 Å². The number of rotatable bonds is 15. The molecule has 0 heterocycles. The van der Waals surface area contributed by atoms with E-state index in [2.05, 4.69) is 16.7 Å². The fourth-order valence-electron chi connectivity index (χ4n) is 2.93. The maximum Gasteiger partial charge on any atom is 0.191 e. The van der Waals surface area contributed by atoms with Gasteiger partial charge in [-0.05, 0) is 48.7 Å². The number of methoxy groups -OCH3 is 2. The van der Waals surface area contributed by atoms with Crippen LogP contribution in [0.1, 0.15) is 30.9 Å². The van der Waals surface area contributed by atoms with Gasteiger partial charge in [-0.1, -0.05) is 24.3 Å². The minimum atomic E-state index is 0. The molecule has 0 bridgehead atoms. The van der Waals surface area contributed by atoms with Gasteiger partial charge in [0.1, 0.15) is 11.5 Å². The molecule has 0 amide bonds. The number of hydrogen-bond acceptors (Lipinski definition) is 5. The van der Waals surface area contributed by atoms with Crippen LogP contribution >= 0.6 is 24.0 Å². The first-order valence-corrected chi connectivity index (χ1v) is 11.2. The summed E-state index contributed by atoms with van der Waals surface area (Å²) in [6.07, 6.45) is 1.78. The van der Waals surface area contributed by atoms with Crippen molar-refractivity contribution >= 4 is 29.9 Å². The Morgan fingerprint density at radius 1 is 0.879 bits per heavy atom. The van der Waals surface area contributed by atoms with E-state index in [-0.39, 0.29) is 24.0 Å². The highest BCUT2D eigenvalue weighted by Gasteiger charge is 2.02. The lowest BCUT2D eigenvalue weighted by molar-refractivity contribution is 0.145. The van der Waals surface area contributed by atoms with Gasteiger partial charge < -0.3 is 29.6 Å². The van der Waals surface area contributed by atoms with E-state index in [1.54, 1.807) is 14.2 Å². The molecule has 2 N–H and O–H groups in total. The zero-order valence-electron chi connectivity index (χ0n) is 20.0. The van der Waals surface area contributed by atoms with Crippen molar-refractivity contribution in [2.45, 2.75) is 32.9 Å². The third-order valence-electron chi connectivity index (χ3n) is 4.66. The van der Waals surface area contributed by atoms with E-state index in [1.807, 2.05) is 49.4 Å². The van der Waals surface area contributed by atoms with E-state index in [4.69, 9.17) is 23.9 Å².